The van der Waals surface area contributed by atoms with Crippen LogP contribution in [0.2, 0.25) is 0 Å². The number of benzene rings is 3. The molecule has 152 valence electrons. The molecule has 0 amide bonds. The Morgan fingerprint density at radius 1 is 0.933 bits per heavy atom. The van der Waals surface area contributed by atoms with E-state index >= 15 is 0 Å². The van der Waals surface area contributed by atoms with Gasteiger partial charge in [-0.2, -0.15) is 0 Å². The molecule has 5 heteroatoms. The van der Waals surface area contributed by atoms with Crippen LogP contribution in [0.3, 0.4) is 0 Å². The lowest BCUT2D eigenvalue weighted by Gasteiger charge is -2.26. The Labute approximate surface area is 182 Å². The Kier molecular flexibility index (Phi) is 6.00. The number of anilines is 1. The van der Waals surface area contributed by atoms with Gasteiger partial charge < -0.3 is 19.5 Å². The zero-order valence-corrected chi connectivity index (χ0v) is 18.0. The van der Waals surface area contributed by atoms with Crippen LogP contribution in [0, 0.1) is 0 Å². The Balaban J connectivity index is 1.60. The lowest BCUT2D eigenvalue weighted by Crippen LogP contribution is -2.33. The molecule has 0 aliphatic heterocycles. The first-order valence-corrected chi connectivity index (χ1v) is 10.3. The monoisotopic (exact) mass is 415 g/mol. The van der Waals surface area contributed by atoms with Crippen molar-refractivity contribution in [3.05, 3.63) is 96.2 Å². The maximum absolute atomic E-state index is 5.82. The minimum absolute atomic E-state index is 0.692. The van der Waals surface area contributed by atoms with Crippen LogP contribution < -0.4 is 10.1 Å². The van der Waals surface area contributed by atoms with Gasteiger partial charge in [0.1, 0.15) is 5.75 Å². The van der Waals surface area contributed by atoms with Gasteiger partial charge in [-0.25, -0.2) is 0 Å². The van der Waals surface area contributed by atoms with E-state index in [1.54, 1.807) is 7.11 Å². The van der Waals surface area contributed by atoms with Gasteiger partial charge in [0, 0.05) is 42.9 Å². The molecule has 0 saturated heterocycles. The van der Waals surface area contributed by atoms with Gasteiger partial charge in [-0.1, -0.05) is 48.5 Å². The number of aromatic nitrogens is 1. The second-order valence-electron chi connectivity index (χ2n) is 7.28. The summed E-state index contributed by atoms with van der Waals surface area (Å²) in [5.74, 6) is 0.823. The Morgan fingerprint density at radius 3 is 2.37 bits per heavy atom. The molecule has 1 N–H and O–H groups in total. The Hall–Kier alpha value is -3.31. The number of fused-ring (bicyclic) bond motifs is 1. The highest BCUT2D eigenvalue weighted by atomic mass is 32.1. The molecule has 1 heterocycles. The molecule has 4 aromatic rings. The van der Waals surface area contributed by atoms with E-state index in [-0.39, 0.29) is 0 Å². The molecule has 0 aliphatic carbocycles. The third-order valence-electron chi connectivity index (χ3n) is 5.19. The summed E-state index contributed by atoms with van der Waals surface area (Å²) >= 11 is 5.82. The zero-order valence-electron chi connectivity index (χ0n) is 17.2. The number of hydrogen-bond acceptors (Lipinski definition) is 2. The summed E-state index contributed by atoms with van der Waals surface area (Å²) in [6.45, 7) is 1.45. The molecule has 0 radical (unpaired) electrons. The summed E-state index contributed by atoms with van der Waals surface area (Å²) in [7, 11) is 3.75. The number of hydrogen-bond donors (Lipinski definition) is 1. The molecular weight excluding hydrogens is 390 g/mol. The normalized spacial score (nSPS) is 10.7. The molecule has 4 nitrogen and oxygen atoms in total. The highest BCUT2D eigenvalue weighted by Gasteiger charge is 2.15. The number of nitrogens with zero attached hydrogens (tertiary/aromatic N) is 2. The second kappa shape index (κ2) is 9.01. The molecule has 0 bridgehead atoms. The van der Waals surface area contributed by atoms with E-state index in [0.29, 0.717) is 5.11 Å². The number of thiocarbonyl (C=S) groups is 1. The molecule has 3 aromatic carbocycles. The summed E-state index contributed by atoms with van der Waals surface area (Å²) in [6, 6.07) is 26.7. The first-order chi connectivity index (χ1) is 14.6. The fourth-order valence-electron chi connectivity index (χ4n) is 3.64. The van der Waals surface area contributed by atoms with Gasteiger partial charge in [0.2, 0.25) is 0 Å². The SMILES string of the molecule is COc1ccc(NC(=S)N(Cc2ccccc2)Cc2cn(C)c3ccccc23)cc1. The topological polar surface area (TPSA) is 29.4 Å². The smallest absolute Gasteiger partial charge is 0.174 e. The maximum Gasteiger partial charge on any atom is 0.174 e. The maximum atomic E-state index is 5.82. The molecule has 1 aromatic heterocycles. The molecule has 0 atom stereocenters. The minimum Gasteiger partial charge on any atom is -0.497 e. The third kappa shape index (κ3) is 4.47. The molecular formula is C25H25N3OS. The van der Waals surface area contributed by atoms with E-state index in [4.69, 9.17) is 17.0 Å². The van der Waals surface area contributed by atoms with E-state index in [1.165, 1.54) is 22.0 Å². The number of methoxy groups -OCH3 is 1. The fourth-order valence-corrected chi connectivity index (χ4v) is 3.88. The zero-order chi connectivity index (χ0) is 20.9. The number of rotatable bonds is 6. The number of aryl methyl sites for hydroxylation is 1. The minimum atomic E-state index is 0.692. The van der Waals surface area contributed by atoms with Crippen molar-refractivity contribution in [2.24, 2.45) is 7.05 Å². The highest BCUT2D eigenvalue weighted by Crippen LogP contribution is 2.23. The second-order valence-corrected chi connectivity index (χ2v) is 7.67. The average Bonchev–Trinajstić information content (AvgIpc) is 3.10. The Bertz CT molecular complexity index is 1140. The first kappa shape index (κ1) is 20.0. The lowest BCUT2D eigenvalue weighted by atomic mass is 10.1. The van der Waals surface area contributed by atoms with Crippen molar-refractivity contribution >= 4 is 33.9 Å². The first-order valence-electron chi connectivity index (χ1n) is 9.91. The van der Waals surface area contributed by atoms with Crippen molar-refractivity contribution in [2.75, 3.05) is 12.4 Å². The van der Waals surface area contributed by atoms with Gasteiger partial charge in [0.05, 0.1) is 7.11 Å². The molecule has 0 spiro atoms. The molecule has 4 rings (SSSR count). The van der Waals surface area contributed by atoms with Crippen LogP contribution in [0.15, 0.2) is 85.1 Å². The van der Waals surface area contributed by atoms with Crippen LogP contribution in [0.25, 0.3) is 10.9 Å². The summed E-state index contributed by atoms with van der Waals surface area (Å²) in [6.07, 6.45) is 2.19. The molecule has 0 aliphatic rings. The Morgan fingerprint density at radius 2 is 1.63 bits per heavy atom. The number of ether oxygens (including phenoxy) is 1. The van der Waals surface area contributed by atoms with Gasteiger partial charge in [-0.3, -0.25) is 0 Å². The van der Waals surface area contributed by atoms with Crippen molar-refractivity contribution in [2.45, 2.75) is 13.1 Å². The standard InChI is InChI=1S/C25H25N3OS/c1-27-17-20(23-10-6-7-11-24(23)27)18-28(16-19-8-4-3-5-9-19)25(30)26-21-12-14-22(29-2)15-13-21/h3-15,17H,16,18H2,1-2H3,(H,26,30). The third-order valence-corrected chi connectivity index (χ3v) is 5.55. The van der Waals surface area contributed by atoms with Crippen LogP contribution in [0.5, 0.6) is 5.75 Å². The van der Waals surface area contributed by atoms with Crippen molar-refractivity contribution in [1.29, 1.82) is 0 Å². The molecule has 30 heavy (non-hydrogen) atoms. The quantitative estimate of drug-likeness (QED) is 0.416. The number of para-hydroxylation sites is 1. The van der Waals surface area contributed by atoms with Crippen molar-refractivity contribution in [1.82, 2.24) is 9.47 Å². The predicted molar refractivity (Wildman–Crippen MR) is 128 cm³/mol. The summed E-state index contributed by atoms with van der Waals surface area (Å²) in [4.78, 5) is 2.21. The average molecular weight is 416 g/mol. The predicted octanol–water partition coefficient (Wildman–Crippen LogP) is 5.59. The molecule has 0 unspecified atom stereocenters. The van der Waals surface area contributed by atoms with E-state index in [2.05, 4.69) is 76.6 Å². The van der Waals surface area contributed by atoms with E-state index in [9.17, 15) is 0 Å². The van der Waals surface area contributed by atoms with Crippen LogP contribution in [-0.4, -0.2) is 21.7 Å². The van der Waals surface area contributed by atoms with Gasteiger partial charge >= 0.3 is 0 Å². The van der Waals surface area contributed by atoms with Gasteiger partial charge in [0.15, 0.2) is 5.11 Å². The molecule has 0 fully saturated rings. The van der Waals surface area contributed by atoms with Crippen LogP contribution in [0.4, 0.5) is 5.69 Å². The van der Waals surface area contributed by atoms with E-state index in [1.807, 2.05) is 30.3 Å². The van der Waals surface area contributed by atoms with E-state index in [0.717, 1.165) is 24.5 Å². The number of nitrogens with one attached hydrogen (secondary N) is 1. The van der Waals surface area contributed by atoms with Crippen LogP contribution in [-0.2, 0) is 20.1 Å². The van der Waals surface area contributed by atoms with Crippen molar-refractivity contribution in [3.63, 3.8) is 0 Å². The molecule has 0 saturated carbocycles. The van der Waals surface area contributed by atoms with Gasteiger partial charge in [0.25, 0.3) is 0 Å². The van der Waals surface area contributed by atoms with Crippen molar-refractivity contribution in [3.8, 4) is 5.75 Å². The van der Waals surface area contributed by atoms with Crippen LogP contribution in [0.1, 0.15) is 11.1 Å². The van der Waals surface area contributed by atoms with Crippen LogP contribution >= 0.6 is 12.2 Å². The van der Waals surface area contributed by atoms with Gasteiger partial charge in [-0.15, -0.1) is 0 Å². The highest BCUT2D eigenvalue weighted by molar-refractivity contribution is 7.80. The largest absolute Gasteiger partial charge is 0.497 e. The van der Waals surface area contributed by atoms with E-state index < -0.39 is 0 Å². The summed E-state index contributed by atoms with van der Waals surface area (Å²) < 4.78 is 7.42. The van der Waals surface area contributed by atoms with Gasteiger partial charge in [-0.05, 0) is 53.7 Å². The summed E-state index contributed by atoms with van der Waals surface area (Å²) in [5.41, 5.74) is 4.64. The summed E-state index contributed by atoms with van der Waals surface area (Å²) in [5, 5.41) is 5.33. The lowest BCUT2D eigenvalue weighted by molar-refractivity contribution is 0.413. The van der Waals surface area contributed by atoms with Crippen molar-refractivity contribution < 1.29 is 4.74 Å². The fraction of sp³-hybridized carbons (Fsp3) is 0.160.